The van der Waals surface area contributed by atoms with E-state index in [1.807, 2.05) is 44.2 Å². The van der Waals surface area contributed by atoms with Crippen molar-refractivity contribution in [3.63, 3.8) is 0 Å². The van der Waals surface area contributed by atoms with Crippen LogP contribution < -0.4 is 15.8 Å². The summed E-state index contributed by atoms with van der Waals surface area (Å²) >= 11 is 0. The number of hydrogen-bond donors (Lipinski definition) is 2. The number of aromatic nitrogens is 2. The smallest absolute Gasteiger partial charge is 0.257 e. The van der Waals surface area contributed by atoms with Crippen molar-refractivity contribution < 1.29 is 9.53 Å². The van der Waals surface area contributed by atoms with Crippen LogP contribution in [-0.4, -0.2) is 27.9 Å². The molecule has 3 heterocycles. The first kappa shape index (κ1) is 22.2. The molecule has 1 aromatic carbocycles. The molecule has 3 aromatic rings. The van der Waals surface area contributed by atoms with Gasteiger partial charge in [0.2, 0.25) is 0 Å². The number of hydrogen-bond acceptors (Lipinski definition) is 6. The highest BCUT2D eigenvalue weighted by atomic mass is 16.5. The van der Waals surface area contributed by atoms with E-state index in [0.717, 1.165) is 70.9 Å². The molecule has 1 fully saturated rings. The summed E-state index contributed by atoms with van der Waals surface area (Å²) in [4.78, 5) is 24.8. The highest BCUT2D eigenvalue weighted by molar-refractivity contribution is 6.01. The highest BCUT2D eigenvalue weighted by Crippen LogP contribution is 2.50. The van der Waals surface area contributed by atoms with Crippen LogP contribution in [0.25, 0.3) is 0 Å². The van der Waals surface area contributed by atoms with Gasteiger partial charge in [-0.2, -0.15) is 0 Å². The van der Waals surface area contributed by atoms with Gasteiger partial charge in [-0.3, -0.25) is 4.79 Å². The Balaban J connectivity index is 1.55. The third-order valence-corrected chi connectivity index (χ3v) is 7.36. The van der Waals surface area contributed by atoms with Gasteiger partial charge in [0.1, 0.15) is 17.4 Å². The molecule has 0 atom stereocenters. The van der Waals surface area contributed by atoms with E-state index in [9.17, 15) is 4.79 Å². The van der Waals surface area contributed by atoms with Crippen molar-refractivity contribution in [1.82, 2.24) is 14.9 Å². The van der Waals surface area contributed by atoms with Crippen LogP contribution in [0.4, 0.5) is 17.3 Å². The van der Waals surface area contributed by atoms with Crippen molar-refractivity contribution in [2.75, 3.05) is 18.2 Å². The number of aryl methyl sites for hydroxylation is 1. The molecule has 2 aliphatic rings. The molecule has 7 nitrogen and oxygen atoms in total. The van der Waals surface area contributed by atoms with Crippen LogP contribution in [0.5, 0.6) is 5.75 Å². The van der Waals surface area contributed by atoms with Crippen LogP contribution >= 0.6 is 0 Å². The van der Waals surface area contributed by atoms with E-state index in [-0.39, 0.29) is 11.4 Å². The molecule has 5 rings (SSSR count). The van der Waals surface area contributed by atoms with Crippen molar-refractivity contribution in [3.05, 3.63) is 70.5 Å². The number of nitrogens with zero attached hydrogens (tertiary/aromatic N) is 3. The second kappa shape index (κ2) is 8.63. The molecule has 3 N–H and O–H groups in total. The zero-order valence-corrected chi connectivity index (χ0v) is 20.0. The third kappa shape index (κ3) is 3.65. The number of rotatable bonds is 5. The summed E-state index contributed by atoms with van der Waals surface area (Å²) in [7, 11) is 1.66. The molecule has 1 saturated carbocycles. The summed E-state index contributed by atoms with van der Waals surface area (Å²) in [6.45, 7) is 4.44. The summed E-state index contributed by atoms with van der Waals surface area (Å²) in [5, 5.41) is 3.42. The SMILES string of the molecule is COc1ccc(CN2C(=O)c3c(cc(Nc4ccnc(N)c4C)nc3C)C23CCCCC3)cc1. The van der Waals surface area contributed by atoms with E-state index in [1.54, 1.807) is 13.3 Å². The molecular weight excluding hydrogens is 426 g/mol. The summed E-state index contributed by atoms with van der Waals surface area (Å²) in [6.07, 6.45) is 7.03. The van der Waals surface area contributed by atoms with Gasteiger partial charge in [-0.25, -0.2) is 9.97 Å². The lowest BCUT2D eigenvalue weighted by Gasteiger charge is -2.42. The number of benzene rings is 1. The van der Waals surface area contributed by atoms with Crippen LogP contribution in [0.3, 0.4) is 0 Å². The van der Waals surface area contributed by atoms with Crippen molar-refractivity contribution in [1.29, 1.82) is 0 Å². The van der Waals surface area contributed by atoms with Gasteiger partial charge in [0.25, 0.3) is 5.91 Å². The Labute approximate surface area is 200 Å². The minimum atomic E-state index is -0.305. The Morgan fingerprint density at radius 2 is 1.85 bits per heavy atom. The normalized spacial score (nSPS) is 16.6. The van der Waals surface area contributed by atoms with E-state index in [1.165, 1.54) is 6.42 Å². The van der Waals surface area contributed by atoms with Gasteiger partial charge in [-0.05, 0) is 62.1 Å². The van der Waals surface area contributed by atoms with Crippen LogP contribution in [0.15, 0.2) is 42.6 Å². The molecule has 1 amide bonds. The van der Waals surface area contributed by atoms with Gasteiger partial charge in [0.15, 0.2) is 0 Å². The maximum Gasteiger partial charge on any atom is 0.257 e. The molecule has 1 aliphatic carbocycles. The molecule has 1 aliphatic heterocycles. The van der Waals surface area contributed by atoms with Crippen molar-refractivity contribution in [3.8, 4) is 5.75 Å². The first-order valence-corrected chi connectivity index (χ1v) is 11.9. The highest BCUT2D eigenvalue weighted by Gasteiger charge is 2.50. The maximum atomic E-state index is 13.8. The Hall–Kier alpha value is -3.61. The first-order valence-electron chi connectivity index (χ1n) is 11.9. The molecule has 176 valence electrons. The van der Waals surface area contributed by atoms with Crippen LogP contribution in [0.1, 0.15) is 64.8 Å². The zero-order chi connectivity index (χ0) is 23.9. The Morgan fingerprint density at radius 1 is 1.12 bits per heavy atom. The van der Waals surface area contributed by atoms with Gasteiger partial charge < -0.3 is 20.7 Å². The number of nitrogen functional groups attached to an aromatic ring is 1. The van der Waals surface area contributed by atoms with Gasteiger partial charge in [-0.15, -0.1) is 0 Å². The fourth-order valence-corrected chi connectivity index (χ4v) is 5.49. The molecule has 0 unspecified atom stereocenters. The zero-order valence-electron chi connectivity index (χ0n) is 20.0. The van der Waals surface area contributed by atoms with Crippen molar-refractivity contribution in [2.45, 2.75) is 58.0 Å². The summed E-state index contributed by atoms with van der Waals surface area (Å²) < 4.78 is 5.31. The van der Waals surface area contributed by atoms with Gasteiger partial charge in [-0.1, -0.05) is 31.4 Å². The number of carbonyl (C=O) groups is 1. The van der Waals surface area contributed by atoms with Crippen molar-refractivity contribution >= 4 is 23.2 Å². The van der Waals surface area contributed by atoms with Gasteiger partial charge in [0, 0.05) is 24.0 Å². The number of pyridine rings is 2. The van der Waals surface area contributed by atoms with E-state index in [2.05, 4.69) is 21.3 Å². The van der Waals surface area contributed by atoms with Crippen LogP contribution in [0, 0.1) is 13.8 Å². The Bertz CT molecular complexity index is 1230. The number of nitrogens with two attached hydrogens (primary N) is 1. The minimum absolute atomic E-state index is 0.0774. The molecule has 0 radical (unpaired) electrons. The van der Waals surface area contributed by atoms with E-state index in [0.29, 0.717) is 12.4 Å². The third-order valence-electron chi connectivity index (χ3n) is 7.36. The van der Waals surface area contributed by atoms with Crippen LogP contribution in [0.2, 0.25) is 0 Å². The molecule has 0 saturated heterocycles. The molecule has 0 bridgehead atoms. The average molecular weight is 458 g/mol. The number of carbonyl (C=O) groups excluding carboxylic acids is 1. The Kier molecular flexibility index (Phi) is 5.63. The molecule has 1 spiro atoms. The van der Waals surface area contributed by atoms with Crippen LogP contribution in [-0.2, 0) is 12.1 Å². The van der Waals surface area contributed by atoms with Gasteiger partial charge in [0.05, 0.1) is 23.9 Å². The average Bonchev–Trinajstić information content (AvgIpc) is 3.06. The fourth-order valence-electron chi connectivity index (χ4n) is 5.49. The van der Waals surface area contributed by atoms with E-state index >= 15 is 0 Å². The standard InChI is InChI=1S/C27H31N5O2/c1-17-22(11-14-29-25(17)28)31-23-15-21-24(18(2)30-23)26(33)32(27(21)12-5-4-6-13-27)16-19-7-9-20(34-3)10-8-19/h7-11,14-15H,4-6,12-13,16H2,1-3H3,(H3,28,29,30,31). The lowest BCUT2D eigenvalue weighted by Crippen LogP contribution is -2.44. The molecule has 2 aromatic heterocycles. The predicted molar refractivity (Wildman–Crippen MR) is 133 cm³/mol. The number of methoxy groups -OCH3 is 1. The lowest BCUT2D eigenvalue weighted by atomic mass is 9.76. The maximum absolute atomic E-state index is 13.8. The first-order chi connectivity index (χ1) is 16.4. The summed E-state index contributed by atoms with van der Waals surface area (Å²) in [5.74, 6) is 2.12. The Morgan fingerprint density at radius 3 is 2.56 bits per heavy atom. The lowest BCUT2D eigenvalue weighted by molar-refractivity contribution is 0.0387. The minimum Gasteiger partial charge on any atom is -0.497 e. The largest absolute Gasteiger partial charge is 0.497 e. The predicted octanol–water partition coefficient (Wildman–Crippen LogP) is 5.24. The topological polar surface area (TPSA) is 93.4 Å². The number of anilines is 3. The van der Waals surface area contributed by atoms with E-state index < -0.39 is 0 Å². The summed E-state index contributed by atoms with van der Waals surface area (Å²) in [6, 6.07) is 12.0. The van der Waals surface area contributed by atoms with E-state index in [4.69, 9.17) is 15.5 Å². The number of amides is 1. The second-order valence-corrected chi connectivity index (χ2v) is 9.34. The summed E-state index contributed by atoms with van der Waals surface area (Å²) in [5.41, 5.74) is 11.2. The molecule has 7 heteroatoms. The molecular formula is C27H31N5O2. The van der Waals surface area contributed by atoms with Crippen molar-refractivity contribution in [2.24, 2.45) is 0 Å². The number of ether oxygens (including phenoxy) is 1. The number of fused-ring (bicyclic) bond motifs is 2. The second-order valence-electron chi connectivity index (χ2n) is 9.34. The fraction of sp³-hybridized carbons (Fsp3) is 0.370. The monoisotopic (exact) mass is 457 g/mol. The molecule has 34 heavy (non-hydrogen) atoms. The number of nitrogens with one attached hydrogen (secondary N) is 1. The van der Waals surface area contributed by atoms with Gasteiger partial charge >= 0.3 is 0 Å². The quantitative estimate of drug-likeness (QED) is 0.544.